The quantitative estimate of drug-likeness (QED) is 0.681. The maximum Gasteiger partial charge on any atom is 0.263 e. The van der Waals surface area contributed by atoms with Crippen LogP contribution in [0.3, 0.4) is 0 Å². The fourth-order valence-corrected chi connectivity index (χ4v) is 4.83. The van der Waals surface area contributed by atoms with E-state index in [1.54, 1.807) is 4.90 Å². The van der Waals surface area contributed by atoms with Crippen LogP contribution in [-0.2, 0) is 16.1 Å². The number of ether oxygens (including phenoxy) is 1. The summed E-state index contributed by atoms with van der Waals surface area (Å²) in [7, 11) is 0. The van der Waals surface area contributed by atoms with E-state index in [0.29, 0.717) is 23.3 Å². The Kier molecular flexibility index (Phi) is 5.03. The third-order valence-electron chi connectivity index (χ3n) is 5.00. The number of carbonyl (C=O) groups excluding carboxylic acids is 1. The Morgan fingerprint density at radius 3 is 2.57 bits per heavy atom. The van der Waals surface area contributed by atoms with Crippen molar-refractivity contribution < 1.29 is 9.53 Å². The summed E-state index contributed by atoms with van der Waals surface area (Å²) in [5.41, 5.74) is 1.73. The van der Waals surface area contributed by atoms with Crippen molar-refractivity contribution in [3.63, 3.8) is 0 Å². The molecule has 1 aliphatic rings. The number of hydrogen-bond acceptors (Lipinski definition) is 5. The molecule has 4 rings (SSSR count). The van der Waals surface area contributed by atoms with E-state index in [0.717, 1.165) is 16.0 Å². The number of aryl methyl sites for hydroxylation is 1. The maximum atomic E-state index is 13.2. The average Bonchev–Trinajstić information content (AvgIpc) is 3.00. The van der Waals surface area contributed by atoms with Crippen LogP contribution >= 0.6 is 11.3 Å². The van der Waals surface area contributed by atoms with E-state index < -0.39 is 0 Å². The molecule has 2 atom stereocenters. The summed E-state index contributed by atoms with van der Waals surface area (Å²) < 4.78 is 7.12. The van der Waals surface area contributed by atoms with Crippen LogP contribution in [0, 0.1) is 6.92 Å². The highest BCUT2D eigenvalue weighted by atomic mass is 32.1. The third-order valence-corrected chi connectivity index (χ3v) is 6.01. The fourth-order valence-electron chi connectivity index (χ4n) is 3.83. The number of carbonyl (C=O) groups is 1. The van der Waals surface area contributed by atoms with Crippen LogP contribution in [0.25, 0.3) is 21.3 Å². The lowest BCUT2D eigenvalue weighted by Crippen LogP contribution is -2.49. The van der Waals surface area contributed by atoms with Gasteiger partial charge in [-0.15, -0.1) is 11.3 Å². The second-order valence-corrected chi connectivity index (χ2v) is 8.52. The van der Waals surface area contributed by atoms with Gasteiger partial charge in [-0.05, 0) is 26.3 Å². The highest BCUT2D eigenvalue weighted by Crippen LogP contribution is 2.35. The number of benzene rings is 1. The van der Waals surface area contributed by atoms with Gasteiger partial charge in [-0.25, -0.2) is 4.98 Å². The molecule has 1 saturated heterocycles. The molecule has 1 fully saturated rings. The lowest BCUT2D eigenvalue weighted by atomic mass is 10.0. The first-order valence-corrected chi connectivity index (χ1v) is 10.2. The number of rotatable bonds is 3. The van der Waals surface area contributed by atoms with Crippen molar-refractivity contribution in [2.75, 3.05) is 13.1 Å². The van der Waals surface area contributed by atoms with Crippen LogP contribution in [0.4, 0.5) is 0 Å². The third kappa shape index (κ3) is 3.47. The Balaban J connectivity index is 1.70. The molecule has 0 N–H and O–H groups in total. The van der Waals surface area contributed by atoms with Crippen LogP contribution in [0.2, 0.25) is 0 Å². The topological polar surface area (TPSA) is 64.4 Å². The van der Waals surface area contributed by atoms with Crippen molar-refractivity contribution in [2.45, 2.75) is 39.5 Å². The normalized spacial score (nSPS) is 19.9. The molecular weight excluding hydrogens is 374 g/mol. The van der Waals surface area contributed by atoms with E-state index in [1.807, 2.05) is 51.1 Å². The standard InChI is InChI=1S/C21H23N3O3S/c1-13-9-23(10-14(2)27-13)17(25)11-24-12-22-20-19(21(24)26)18(15(3)28-20)16-7-5-4-6-8-16/h4-8,12-14H,9-11H2,1-3H3/t13-,14-/m0/s1. The Morgan fingerprint density at radius 2 is 1.89 bits per heavy atom. The molecule has 0 saturated carbocycles. The molecule has 28 heavy (non-hydrogen) atoms. The molecular formula is C21H23N3O3S. The predicted molar refractivity (Wildman–Crippen MR) is 111 cm³/mol. The van der Waals surface area contributed by atoms with Gasteiger partial charge in [0.05, 0.1) is 23.9 Å². The summed E-state index contributed by atoms with van der Waals surface area (Å²) in [6, 6.07) is 9.85. The van der Waals surface area contributed by atoms with Gasteiger partial charge >= 0.3 is 0 Å². The summed E-state index contributed by atoms with van der Waals surface area (Å²) in [5, 5.41) is 0.590. The van der Waals surface area contributed by atoms with Crippen molar-refractivity contribution >= 4 is 27.5 Å². The molecule has 1 amide bonds. The van der Waals surface area contributed by atoms with E-state index in [9.17, 15) is 9.59 Å². The number of aromatic nitrogens is 2. The Morgan fingerprint density at radius 1 is 1.21 bits per heavy atom. The zero-order valence-corrected chi connectivity index (χ0v) is 17.0. The molecule has 0 aliphatic carbocycles. The van der Waals surface area contributed by atoms with E-state index in [4.69, 9.17) is 4.74 Å². The minimum Gasteiger partial charge on any atom is -0.372 e. The van der Waals surface area contributed by atoms with Crippen LogP contribution in [0.15, 0.2) is 41.5 Å². The molecule has 6 nitrogen and oxygen atoms in total. The summed E-state index contributed by atoms with van der Waals surface area (Å²) in [6.45, 7) is 6.98. The van der Waals surface area contributed by atoms with Gasteiger partial charge < -0.3 is 9.64 Å². The van der Waals surface area contributed by atoms with Gasteiger partial charge in [0, 0.05) is 23.5 Å². The Labute approximate surface area is 167 Å². The average molecular weight is 398 g/mol. The zero-order valence-electron chi connectivity index (χ0n) is 16.2. The fraction of sp³-hybridized carbons (Fsp3) is 0.381. The molecule has 146 valence electrons. The molecule has 0 spiro atoms. The summed E-state index contributed by atoms with van der Waals surface area (Å²) in [6.07, 6.45) is 1.48. The lowest BCUT2D eigenvalue weighted by molar-refractivity contribution is -0.143. The number of fused-ring (bicyclic) bond motifs is 1. The van der Waals surface area contributed by atoms with Crippen molar-refractivity contribution in [1.29, 1.82) is 0 Å². The molecule has 3 aromatic rings. The Bertz CT molecular complexity index is 1060. The van der Waals surface area contributed by atoms with E-state index in [2.05, 4.69) is 4.98 Å². The summed E-state index contributed by atoms with van der Waals surface area (Å²) in [4.78, 5) is 34.0. The molecule has 0 unspecified atom stereocenters. The number of thiophene rings is 1. The van der Waals surface area contributed by atoms with Crippen LogP contribution in [-0.4, -0.2) is 45.7 Å². The number of amides is 1. The summed E-state index contributed by atoms with van der Waals surface area (Å²) in [5.74, 6) is -0.0848. The Hall–Kier alpha value is -2.51. The minimum absolute atomic E-state index is 0.00534. The molecule has 1 aromatic carbocycles. The highest BCUT2D eigenvalue weighted by molar-refractivity contribution is 7.19. The molecule has 7 heteroatoms. The lowest BCUT2D eigenvalue weighted by Gasteiger charge is -2.35. The second-order valence-electron chi connectivity index (χ2n) is 7.31. The molecule has 1 aliphatic heterocycles. The molecule has 3 heterocycles. The largest absolute Gasteiger partial charge is 0.372 e. The van der Waals surface area contributed by atoms with Crippen LogP contribution in [0.5, 0.6) is 0 Å². The van der Waals surface area contributed by atoms with Gasteiger partial charge in [-0.2, -0.15) is 0 Å². The second kappa shape index (κ2) is 7.48. The first kappa shape index (κ1) is 18.8. The number of nitrogens with zero attached hydrogens (tertiary/aromatic N) is 3. The van der Waals surface area contributed by atoms with Gasteiger partial charge in [-0.3, -0.25) is 14.2 Å². The van der Waals surface area contributed by atoms with Crippen molar-refractivity contribution in [3.8, 4) is 11.1 Å². The predicted octanol–water partition coefficient (Wildman–Crippen LogP) is 3.07. The summed E-state index contributed by atoms with van der Waals surface area (Å²) >= 11 is 1.51. The molecule has 2 aromatic heterocycles. The van der Waals surface area contributed by atoms with Crippen LogP contribution < -0.4 is 5.56 Å². The highest BCUT2D eigenvalue weighted by Gasteiger charge is 2.26. The first-order chi connectivity index (χ1) is 13.4. The molecule has 0 radical (unpaired) electrons. The minimum atomic E-state index is -0.170. The van der Waals surface area contributed by atoms with E-state index >= 15 is 0 Å². The molecule has 0 bridgehead atoms. The van der Waals surface area contributed by atoms with Gasteiger partial charge in [0.15, 0.2) is 0 Å². The zero-order chi connectivity index (χ0) is 19.8. The van der Waals surface area contributed by atoms with Gasteiger partial charge in [0.2, 0.25) is 5.91 Å². The van der Waals surface area contributed by atoms with Gasteiger partial charge in [0.1, 0.15) is 11.4 Å². The van der Waals surface area contributed by atoms with Gasteiger partial charge in [0.25, 0.3) is 5.56 Å². The van der Waals surface area contributed by atoms with E-state index in [1.165, 1.54) is 22.2 Å². The van der Waals surface area contributed by atoms with Gasteiger partial charge in [-0.1, -0.05) is 30.3 Å². The van der Waals surface area contributed by atoms with Crippen molar-refractivity contribution in [3.05, 3.63) is 51.9 Å². The number of hydrogen-bond donors (Lipinski definition) is 0. The monoisotopic (exact) mass is 397 g/mol. The number of morpholine rings is 1. The van der Waals surface area contributed by atoms with Crippen molar-refractivity contribution in [1.82, 2.24) is 14.5 Å². The van der Waals surface area contributed by atoms with Crippen LogP contribution in [0.1, 0.15) is 18.7 Å². The maximum absolute atomic E-state index is 13.2. The van der Waals surface area contributed by atoms with E-state index in [-0.39, 0.29) is 30.2 Å². The SMILES string of the molecule is Cc1sc2ncn(CC(=O)N3C[C@H](C)O[C@@H](C)C3)c(=O)c2c1-c1ccccc1. The van der Waals surface area contributed by atoms with Crippen molar-refractivity contribution in [2.24, 2.45) is 0 Å². The smallest absolute Gasteiger partial charge is 0.263 e. The first-order valence-electron chi connectivity index (χ1n) is 9.41.